The molecule has 1 saturated heterocycles. The average Bonchev–Trinajstić information content (AvgIpc) is 3.30. The van der Waals surface area contributed by atoms with E-state index in [1.54, 1.807) is 34.2 Å². The summed E-state index contributed by atoms with van der Waals surface area (Å²) in [6, 6.07) is 12.8. The molecule has 0 spiro atoms. The molecule has 0 unspecified atom stereocenters. The number of aryl methyl sites for hydroxylation is 1. The van der Waals surface area contributed by atoms with Gasteiger partial charge in [-0.2, -0.15) is 0 Å². The summed E-state index contributed by atoms with van der Waals surface area (Å²) in [5.41, 5.74) is 2.33. The van der Waals surface area contributed by atoms with Crippen molar-refractivity contribution in [2.75, 3.05) is 31.5 Å². The minimum atomic E-state index is -0.176. The van der Waals surface area contributed by atoms with Crippen LogP contribution in [0.5, 0.6) is 0 Å². The Kier molecular flexibility index (Phi) is 5.24. The Bertz CT molecular complexity index is 993. The molecule has 148 valence electrons. The maximum absolute atomic E-state index is 12.8. The average molecular weight is 391 g/mol. The normalized spacial score (nSPS) is 14.0. The Morgan fingerprint density at radius 2 is 1.66 bits per heavy atom. The molecule has 1 aliphatic heterocycles. The number of furan rings is 1. The highest BCUT2D eigenvalue weighted by Crippen LogP contribution is 2.15. The topological polar surface area (TPSA) is 91.6 Å². The van der Waals surface area contributed by atoms with Crippen LogP contribution in [0, 0.1) is 6.92 Å². The van der Waals surface area contributed by atoms with Crippen molar-refractivity contribution in [1.82, 2.24) is 19.8 Å². The van der Waals surface area contributed by atoms with Crippen LogP contribution in [-0.2, 0) is 0 Å². The molecule has 3 heterocycles. The third-order valence-corrected chi connectivity index (χ3v) is 4.77. The molecule has 2 aromatic heterocycles. The molecule has 1 aliphatic rings. The molecule has 0 aliphatic carbocycles. The highest BCUT2D eigenvalue weighted by Gasteiger charge is 2.27. The van der Waals surface area contributed by atoms with Gasteiger partial charge in [-0.15, -0.1) is 0 Å². The molecule has 2 amide bonds. The Morgan fingerprint density at radius 1 is 0.966 bits per heavy atom. The van der Waals surface area contributed by atoms with E-state index in [9.17, 15) is 9.59 Å². The number of hydrogen-bond donors (Lipinski definition) is 1. The van der Waals surface area contributed by atoms with E-state index in [0.717, 1.165) is 11.3 Å². The van der Waals surface area contributed by atoms with Crippen LogP contribution in [-0.4, -0.2) is 57.8 Å². The van der Waals surface area contributed by atoms with E-state index in [-0.39, 0.29) is 11.8 Å². The van der Waals surface area contributed by atoms with Crippen LogP contribution in [0.15, 0.2) is 59.3 Å². The van der Waals surface area contributed by atoms with Gasteiger partial charge in [0.2, 0.25) is 5.95 Å². The Morgan fingerprint density at radius 3 is 2.31 bits per heavy atom. The van der Waals surface area contributed by atoms with E-state index < -0.39 is 0 Å². The monoisotopic (exact) mass is 391 g/mol. The van der Waals surface area contributed by atoms with Crippen LogP contribution >= 0.6 is 0 Å². The number of carbonyl (C=O) groups is 2. The van der Waals surface area contributed by atoms with Gasteiger partial charge in [0.15, 0.2) is 5.76 Å². The standard InChI is InChI=1S/C21H21N5O3/c1-15-4-6-16(7-5-15)23-21-22-9-8-17(24-21)19(27)25-10-12-26(13-11-25)20(28)18-3-2-14-29-18/h2-9,14H,10-13H2,1H3,(H,22,23,24). The first-order valence-corrected chi connectivity index (χ1v) is 9.39. The van der Waals surface area contributed by atoms with E-state index >= 15 is 0 Å². The minimum Gasteiger partial charge on any atom is -0.459 e. The number of carbonyl (C=O) groups excluding carboxylic acids is 2. The molecule has 0 radical (unpaired) electrons. The van der Waals surface area contributed by atoms with Gasteiger partial charge in [-0.1, -0.05) is 17.7 Å². The van der Waals surface area contributed by atoms with E-state index in [1.807, 2.05) is 31.2 Å². The number of benzene rings is 1. The number of nitrogens with zero attached hydrogens (tertiary/aromatic N) is 4. The van der Waals surface area contributed by atoms with Gasteiger partial charge in [0.05, 0.1) is 6.26 Å². The lowest BCUT2D eigenvalue weighted by Gasteiger charge is -2.34. The minimum absolute atomic E-state index is 0.159. The van der Waals surface area contributed by atoms with E-state index in [0.29, 0.717) is 43.6 Å². The van der Waals surface area contributed by atoms with Gasteiger partial charge in [-0.25, -0.2) is 9.97 Å². The van der Waals surface area contributed by atoms with Gasteiger partial charge in [-0.3, -0.25) is 9.59 Å². The van der Waals surface area contributed by atoms with Crippen molar-refractivity contribution >= 4 is 23.5 Å². The zero-order chi connectivity index (χ0) is 20.2. The molecule has 4 rings (SSSR count). The Hall–Kier alpha value is -3.68. The maximum Gasteiger partial charge on any atom is 0.289 e. The smallest absolute Gasteiger partial charge is 0.289 e. The first-order valence-electron chi connectivity index (χ1n) is 9.39. The lowest BCUT2D eigenvalue weighted by atomic mass is 10.2. The molecule has 0 saturated carbocycles. The molecule has 1 fully saturated rings. The summed E-state index contributed by atoms with van der Waals surface area (Å²) in [5, 5.41) is 3.11. The molecular formula is C21H21N5O3. The molecule has 0 atom stereocenters. The molecule has 0 bridgehead atoms. The summed E-state index contributed by atoms with van der Waals surface area (Å²) in [5.74, 6) is 0.344. The van der Waals surface area contributed by atoms with E-state index in [2.05, 4.69) is 15.3 Å². The summed E-state index contributed by atoms with van der Waals surface area (Å²) >= 11 is 0. The van der Waals surface area contributed by atoms with Crippen LogP contribution in [0.2, 0.25) is 0 Å². The van der Waals surface area contributed by atoms with Gasteiger partial charge in [0, 0.05) is 38.1 Å². The zero-order valence-corrected chi connectivity index (χ0v) is 16.0. The van der Waals surface area contributed by atoms with Gasteiger partial charge < -0.3 is 19.5 Å². The predicted octanol–water partition coefficient (Wildman–Crippen LogP) is 2.72. The van der Waals surface area contributed by atoms with Crippen molar-refractivity contribution in [2.45, 2.75) is 6.92 Å². The molecular weight excluding hydrogens is 370 g/mol. The SMILES string of the molecule is Cc1ccc(Nc2nccc(C(=O)N3CCN(C(=O)c4ccco4)CC3)n2)cc1. The zero-order valence-electron chi connectivity index (χ0n) is 16.0. The highest BCUT2D eigenvalue weighted by atomic mass is 16.3. The van der Waals surface area contributed by atoms with Gasteiger partial charge in [0.25, 0.3) is 11.8 Å². The Labute approximate surface area is 168 Å². The first-order chi connectivity index (χ1) is 14.1. The van der Waals surface area contributed by atoms with E-state index in [1.165, 1.54) is 6.26 Å². The summed E-state index contributed by atoms with van der Waals surface area (Å²) in [6.07, 6.45) is 3.04. The molecule has 1 aromatic carbocycles. The number of aromatic nitrogens is 2. The van der Waals surface area contributed by atoms with Crippen LogP contribution in [0.3, 0.4) is 0 Å². The lowest BCUT2D eigenvalue weighted by Crippen LogP contribution is -2.50. The number of nitrogens with one attached hydrogen (secondary N) is 1. The fraction of sp³-hybridized carbons (Fsp3) is 0.238. The summed E-state index contributed by atoms with van der Waals surface area (Å²) in [4.78, 5) is 37.1. The third kappa shape index (κ3) is 4.26. The highest BCUT2D eigenvalue weighted by molar-refractivity contribution is 5.94. The second kappa shape index (κ2) is 8.14. The van der Waals surface area contributed by atoms with Crippen molar-refractivity contribution in [1.29, 1.82) is 0 Å². The molecule has 1 N–H and O–H groups in total. The van der Waals surface area contributed by atoms with Crippen LogP contribution in [0.4, 0.5) is 11.6 Å². The van der Waals surface area contributed by atoms with Crippen molar-refractivity contribution in [3.63, 3.8) is 0 Å². The number of anilines is 2. The first kappa shape index (κ1) is 18.7. The second-order valence-corrected chi connectivity index (χ2v) is 6.82. The molecule has 3 aromatic rings. The van der Waals surface area contributed by atoms with Crippen molar-refractivity contribution < 1.29 is 14.0 Å². The molecule has 8 heteroatoms. The Balaban J connectivity index is 1.38. The maximum atomic E-state index is 12.8. The van der Waals surface area contributed by atoms with Gasteiger partial charge in [-0.05, 0) is 37.3 Å². The summed E-state index contributed by atoms with van der Waals surface area (Å²) in [7, 11) is 0. The third-order valence-electron chi connectivity index (χ3n) is 4.77. The van der Waals surface area contributed by atoms with E-state index in [4.69, 9.17) is 4.42 Å². The predicted molar refractivity (Wildman–Crippen MR) is 107 cm³/mol. The quantitative estimate of drug-likeness (QED) is 0.735. The van der Waals surface area contributed by atoms with Crippen LogP contribution in [0.25, 0.3) is 0 Å². The number of rotatable bonds is 4. The van der Waals surface area contributed by atoms with Crippen molar-refractivity contribution in [2.24, 2.45) is 0 Å². The lowest BCUT2D eigenvalue weighted by molar-refractivity contribution is 0.0515. The van der Waals surface area contributed by atoms with Gasteiger partial charge in [0.1, 0.15) is 5.69 Å². The van der Waals surface area contributed by atoms with Crippen LogP contribution in [0.1, 0.15) is 26.6 Å². The summed E-state index contributed by atoms with van der Waals surface area (Å²) < 4.78 is 5.16. The second-order valence-electron chi connectivity index (χ2n) is 6.82. The van der Waals surface area contributed by atoms with Crippen LogP contribution < -0.4 is 5.32 Å². The molecule has 8 nitrogen and oxygen atoms in total. The fourth-order valence-electron chi connectivity index (χ4n) is 3.13. The number of hydrogen-bond acceptors (Lipinski definition) is 6. The number of piperazine rings is 1. The van der Waals surface area contributed by atoms with Gasteiger partial charge >= 0.3 is 0 Å². The number of amides is 2. The summed E-state index contributed by atoms with van der Waals surface area (Å²) in [6.45, 7) is 3.79. The van der Waals surface area contributed by atoms with Crippen molar-refractivity contribution in [3.8, 4) is 0 Å². The fourth-order valence-corrected chi connectivity index (χ4v) is 3.13. The largest absolute Gasteiger partial charge is 0.459 e. The van der Waals surface area contributed by atoms with Crippen molar-refractivity contribution in [3.05, 3.63) is 71.9 Å². The molecule has 29 heavy (non-hydrogen) atoms.